The molecule has 0 aliphatic rings. The van der Waals surface area contributed by atoms with Gasteiger partial charge >= 0.3 is 5.97 Å². The maximum Gasteiger partial charge on any atom is 0.302 e. The molecule has 0 aliphatic carbocycles. The summed E-state index contributed by atoms with van der Waals surface area (Å²) in [6.07, 6.45) is 4.82. The van der Waals surface area contributed by atoms with Gasteiger partial charge in [0.15, 0.2) is 0 Å². The summed E-state index contributed by atoms with van der Waals surface area (Å²) in [5.41, 5.74) is 3.52. The second-order valence-corrected chi connectivity index (χ2v) is 10.5. The standard InChI is InChI=1S/C22H28N4O4S2/c1-15-24-20-9-11-23-21(22(20)25-15)13-17-5-7-19(8-6-17)32(28,29)26(3)18(10-12-31-4)14-30-16(2)27/h5-9,11,18H,10,12-14H2,1-4H3,(H,24,25)/t18-/m0/s1. The Morgan fingerprint density at radius 1 is 1.25 bits per heavy atom. The predicted molar refractivity (Wildman–Crippen MR) is 126 cm³/mol. The van der Waals surface area contributed by atoms with Gasteiger partial charge in [0, 0.05) is 26.6 Å². The molecule has 8 nitrogen and oxygen atoms in total. The molecule has 3 aromatic rings. The minimum Gasteiger partial charge on any atom is -0.464 e. The molecule has 0 amide bonds. The number of rotatable bonds is 10. The molecule has 10 heteroatoms. The Balaban J connectivity index is 1.78. The molecule has 0 fully saturated rings. The molecule has 0 bridgehead atoms. The van der Waals surface area contributed by atoms with Gasteiger partial charge in [0.2, 0.25) is 10.0 Å². The van der Waals surface area contributed by atoms with E-state index in [-0.39, 0.29) is 11.5 Å². The Hall–Kier alpha value is -2.43. The Labute approximate surface area is 192 Å². The van der Waals surface area contributed by atoms with Crippen LogP contribution in [-0.4, -0.2) is 65.3 Å². The number of benzene rings is 1. The van der Waals surface area contributed by atoms with Crippen LogP contribution in [-0.2, 0) is 26.0 Å². The van der Waals surface area contributed by atoms with Gasteiger partial charge in [-0.25, -0.2) is 13.4 Å². The van der Waals surface area contributed by atoms with E-state index in [9.17, 15) is 13.2 Å². The fourth-order valence-corrected chi connectivity index (χ4v) is 5.29. The molecule has 3 rings (SSSR count). The molecule has 0 spiro atoms. The summed E-state index contributed by atoms with van der Waals surface area (Å²) in [6, 6.07) is 8.25. The molecule has 0 saturated heterocycles. The number of likely N-dealkylation sites (N-methyl/N-ethyl adjacent to an activating group) is 1. The van der Waals surface area contributed by atoms with Crippen LogP contribution in [0, 0.1) is 6.92 Å². The topological polar surface area (TPSA) is 105 Å². The fourth-order valence-electron chi connectivity index (χ4n) is 3.42. The molecular weight excluding hydrogens is 448 g/mol. The largest absolute Gasteiger partial charge is 0.464 e. The number of fused-ring (bicyclic) bond motifs is 1. The smallest absolute Gasteiger partial charge is 0.302 e. The van der Waals surface area contributed by atoms with Crippen LogP contribution in [0.4, 0.5) is 0 Å². The molecule has 172 valence electrons. The van der Waals surface area contributed by atoms with Crippen LogP contribution in [0.2, 0.25) is 0 Å². The number of ether oxygens (including phenoxy) is 1. The van der Waals surface area contributed by atoms with Crippen molar-refractivity contribution in [2.24, 2.45) is 0 Å². The van der Waals surface area contributed by atoms with Crippen LogP contribution < -0.4 is 0 Å². The SMILES string of the molecule is CSCC[C@@H](COC(C)=O)N(C)S(=O)(=O)c1ccc(Cc2nccc3[nH]c(C)nc23)cc1. The third-order valence-electron chi connectivity index (χ3n) is 5.22. The summed E-state index contributed by atoms with van der Waals surface area (Å²) in [6.45, 7) is 3.24. The molecule has 1 atom stereocenters. The van der Waals surface area contributed by atoms with Gasteiger partial charge in [0.1, 0.15) is 17.9 Å². The van der Waals surface area contributed by atoms with E-state index in [0.717, 1.165) is 33.9 Å². The van der Waals surface area contributed by atoms with Crippen molar-refractivity contribution in [3.63, 3.8) is 0 Å². The second-order valence-electron chi connectivity index (χ2n) is 7.56. The molecule has 1 N–H and O–H groups in total. The van der Waals surface area contributed by atoms with Gasteiger partial charge in [-0.05, 0) is 49.1 Å². The molecule has 2 heterocycles. The number of carbonyl (C=O) groups excluding carboxylic acids is 1. The van der Waals surface area contributed by atoms with E-state index in [2.05, 4.69) is 15.0 Å². The Bertz CT molecular complexity index is 1180. The number of pyridine rings is 1. The van der Waals surface area contributed by atoms with Crippen molar-refractivity contribution in [2.45, 2.75) is 37.6 Å². The number of hydrogen-bond acceptors (Lipinski definition) is 7. The summed E-state index contributed by atoms with van der Waals surface area (Å²) >= 11 is 1.62. The molecule has 0 unspecified atom stereocenters. The Morgan fingerprint density at radius 2 is 1.97 bits per heavy atom. The highest BCUT2D eigenvalue weighted by Crippen LogP contribution is 2.22. The van der Waals surface area contributed by atoms with E-state index in [0.29, 0.717) is 12.8 Å². The summed E-state index contributed by atoms with van der Waals surface area (Å²) in [5, 5.41) is 0. The molecule has 0 saturated carbocycles. The van der Waals surface area contributed by atoms with Crippen molar-refractivity contribution in [3.8, 4) is 0 Å². The monoisotopic (exact) mass is 476 g/mol. The van der Waals surface area contributed by atoms with Crippen LogP contribution in [0.15, 0.2) is 41.4 Å². The molecule has 0 aliphatic heterocycles. The van der Waals surface area contributed by atoms with E-state index in [1.165, 1.54) is 18.3 Å². The summed E-state index contributed by atoms with van der Waals surface area (Å²) in [7, 11) is -2.21. The Kier molecular flexibility index (Phi) is 7.91. The first-order chi connectivity index (χ1) is 15.2. The van der Waals surface area contributed by atoms with E-state index in [1.54, 1.807) is 42.2 Å². The van der Waals surface area contributed by atoms with Crippen molar-refractivity contribution in [1.82, 2.24) is 19.3 Å². The minimum absolute atomic E-state index is 0.0302. The van der Waals surface area contributed by atoms with Crippen molar-refractivity contribution in [2.75, 3.05) is 25.7 Å². The second kappa shape index (κ2) is 10.5. The molecule has 32 heavy (non-hydrogen) atoms. The third-order valence-corrected chi connectivity index (χ3v) is 7.78. The number of sulfonamides is 1. The van der Waals surface area contributed by atoms with E-state index in [4.69, 9.17) is 4.74 Å². The molecule has 1 aromatic carbocycles. The van der Waals surface area contributed by atoms with Gasteiger partial charge < -0.3 is 9.72 Å². The first-order valence-electron chi connectivity index (χ1n) is 10.2. The lowest BCUT2D eigenvalue weighted by molar-refractivity contribution is -0.142. The maximum absolute atomic E-state index is 13.2. The average Bonchev–Trinajstić information content (AvgIpc) is 3.15. The number of aromatic amines is 1. The highest BCUT2D eigenvalue weighted by atomic mass is 32.2. The lowest BCUT2D eigenvalue weighted by Gasteiger charge is -2.27. The summed E-state index contributed by atoms with van der Waals surface area (Å²) < 4.78 is 32.8. The summed E-state index contributed by atoms with van der Waals surface area (Å²) in [4.78, 5) is 23.6. The van der Waals surface area contributed by atoms with Crippen LogP contribution in [0.3, 0.4) is 0 Å². The van der Waals surface area contributed by atoms with Crippen molar-refractivity contribution in [3.05, 3.63) is 53.6 Å². The van der Waals surface area contributed by atoms with Crippen LogP contribution >= 0.6 is 11.8 Å². The van der Waals surface area contributed by atoms with Gasteiger partial charge in [-0.15, -0.1) is 0 Å². The summed E-state index contributed by atoms with van der Waals surface area (Å²) in [5.74, 6) is 1.16. The fraction of sp³-hybridized carbons (Fsp3) is 0.409. The van der Waals surface area contributed by atoms with Crippen molar-refractivity contribution < 1.29 is 17.9 Å². The van der Waals surface area contributed by atoms with Crippen LogP contribution in [0.25, 0.3) is 11.0 Å². The zero-order valence-corrected chi connectivity index (χ0v) is 20.3. The number of imidazole rings is 1. The van der Waals surface area contributed by atoms with Gasteiger partial charge in [-0.1, -0.05) is 12.1 Å². The number of H-pyrrole nitrogens is 1. The van der Waals surface area contributed by atoms with E-state index in [1.807, 2.05) is 19.2 Å². The number of nitrogens with zero attached hydrogens (tertiary/aromatic N) is 3. The van der Waals surface area contributed by atoms with Crippen molar-refractivity contribution >= 4 is 38.8 Å². The third kappa shape index (κ3) is 5.67. The minimum atomic E-state index is -3.74. The van der Waals surface area contributed by atoms with Crippen LogP contribution in [0.1, 0.15) is 30.4 Å². The van der Waals surface area contributed by atoms with Crippen LogP contribution in [0.5, 0.6) is 0 Å². The first-order valence-corrected chi connectivity index (χ1v) is 13.0. The number of aryl methyl sites for hydroxylation is 1. The molecule has 0 radical (unpaired) electrons. The highest BCUT2D eigenvalue weighted by Gasteiger charge is 2.28. The number of aromatic nitrogens is 3. The van der Waals surface area contributed by atoms with Gasteiger partial charge in [-0.2, -0.15) is 16.1 Å². The van der Waals surface area contributed by atoms with Gasteiger partial charge in [-0.3, -0.25) is 9.78 Å². The molecule has 2 aromatic heterocycles. The number of carbonyl (C=O) groups is 1. The quantitative estimate of drug-likeness (QED) is 0.448. The lowest BCUT2D eigenvalue weighted by Crippen LogP contribution is -2.40. The maximum atomic E-state index is 13.2. The predicted octanol–water partition coefficient (Wildman–Crippen LogP) is 3.16. The number of nitrogens with one attached hydrogen (secondary N) is 1. The zero-order chi connectivity index (χ0) is 23.3. The number of hydrogen-bond donors (Lipinski definition) is 1. The van der Waals surface area contributed by atoms with E-state index < -0.39 is 22.0 Å². The zero-order valence-electron chi connectivity index (χ0n) is 18.7. The van der Waals surface area contributed by atoms with E-state index >= 15 is 0 Å². The normalized spacial score (nSPS) is 12.9. The average molecular weight is 477 g/mol. The van der Waals surface area contributed by atoms with Gasteiger partial charge in [0.25, 0.3) is 0 Å². The molecular formula is C22H28N4O4S2. The first kappa shape index (κ1) is 24.2. The number of thioether (sulfide) groups is 1. The highest BCUT2D eigenvalue weighted by molar-refractivity contribution is 7.98. The number of esters is 1. The van der Waals surface area contributed by atoms with Gasteiger partial charge in [0.05, 0.1) is 22.1 Å². The van der Waals surface area contributed by atoms with Crippen molar-refractivity contribution in [1.29, 1.82) is 0 Å². The lowest BCUT2D eigenvalue weighted by atomic mass is 10.1. The Morgan fingerprint density at radius 3 is 2.62 bits per heavy atom.